The van der Waals surface area contributed by atoms with Gasteiger partial charge in [0.1, 0.15) is 5.84 Å². The van der Waals surface area contributed by atoms with Crippen LogP contribution >= 0.6 is 0 Å². The molecule has 1 heterocycles. The van der Waals surface area contributed by atoms with Gasteiger partial charge in [0.15, 0.2) is 0 Å². The van der Waals surface area contributed by atoms with Crippen LogP contribution in [0.1, 0.15) is 0 Å². The van der Waals surface area contributed by atoms with Crippen LogP contribution in [0.3, 0.4) is 0 Å². The Balaban J connectivity index is 2.62. The van der Waals surface area contributed by atoms with Crippen molar-refractivity contribution in [1.82, 2.24) is 10.2 Å². The first kappa shape index (κ1) is 8.58. The van der Waals surface area contributed by atoms with Crippen LogP contribution in [0, 0.1) is 5.41 Å². The van der Waals surface area contributed by atoms with Crippen molar-refractivity contribution in [2.75, 3.05) is 20.1 Å². The Morgan fingerprint density at radius 2 is 2.50 bits per heavy atom. The van der Waals surface area contributed by atoms with Gasteiger partial charge in [0.05, 0.1) is 13.1 Å². The Hall–Kier alpha value is -1.52. The van der Waals surface area contributed by atoms with Gasteiger partial charge < -0.3 is 16.0 Å². The molecule has 1 amide bonds. The number of hydrogen-bond donors (Lipinski definition) is 3. The van der Waals surface area contributed by atoms with Crippen LogP contribution in [0.15, 0.2) is 11.8 Å². The van der Waals surface area contributed by atoms with E-state index in [0.717, 1.165) is 5.70 Å². The summed E-state index contributed by atoms with van der Waals surface area (Å²) >= 11 is 0. The molecule has 1 fully saturated rings. The predicted molar refractivity (Wildman–Crippen MR) is 45.6 cm³/mol. The SMILES string of the molecule is CN1C/C(=C/C(=N)N)NCC1=O. The zero-order valence-electron chi connectivity index (χ0n) is 6.92. The molecular weight excluding hydrogens is 156 g/mol. The van der Waals surface area contributed by atoms with Crippen LogP contribution in [0.5, 0.6) is 0 Å². The van der Waals surface area contributed by atoms with E-state index in [9.17, 15) is 4.79 Å². The first-order valence-corrected chi connectivity index (χ1v) is 3.62. The molecule has 0 aliphatic carbocycles. The maximum Gasteiger partial charge on any atom is 0.241 e. The highest BCUT2D eigenvalue weighted by Crippen LogP contribution is 1.99. The third-order valence-corrected chi connectivity index (χ3v) is 1.63. The number of amides is 1. The molecule has 1 aliphatic rings. The topological polar surface area (TPSA) is 82.2 Å². The molecule has 4 N–H and O–H groups in total. The van der Waals surface area contributed by atoms with Crippen molar-refractivity contribution in [3.05, 3.63) is 11.8 Å². The van der Waals surface area contributed by atoms with Crippen molar-refractivity contribution >= 4 is 11.7 Å². The average Bonchev–Trinajstić information content (AvgIpc) is 1.96. The van der Waals surface area contributed by atoms with Gasteiger partial charge in [0.2, 0.25) is 5.91 Å². The number of piperazine rings is 1. The van der Waals surface area contributed by atoms with Crippen molar-refractivity contribution in [2.24, 2.45) is 5.73 Å². The normalized spacial score (nSPS) is 20.9. The molecule has 0 unspecified atom stereocenters. The molecule has 0 aromatic carbocycles. The van der Waals surface area contributed by atoms with E-state index < -0.39 is 0 Å². The first-order valence-electron chi connectivity index (χ1n) is 3.62. The number of carbonyl (C=O) groups excluding carboxylic acids is 1. The van der Waals surface area contributed by atoms with Gasteiger partial charge in [-0.2, -0.15) is 0 Å². The summed E-state index contributed by atoms with van der Waals surface area (Å²) in [5.74, 6) is 0.0518. The van der Waals surface area contributed by atoms with Gasteiger partial charge in [-0.3, -0.25) is 10.2 Å². The largest absolute Gasteiger partial charge is 0.384 e. The summed E-state index contributed by atoms with van der Waals surface area (Å²) in [5.41, 5.74) is 5.98. The van der Waals surface area contributed by atoms with Gasteiger partial charge >= 0.3 is 0 Å². The van der Waals surface area contributed by atoms with Gasteiger partial charge in [-0.25, -0.2) is 0 Å². The fraction of sp³-hybridized carbons (Fsp3) is 0.429. The summed E-state index contributed by atoms with van der Waals surface area (Å²) in [5, 5.41) is 9.88. The lowest BCUT2D eigenvalue weighted by Gasteiger charge is -2.25. The monoisotopic (exact) mass is 168 g/mol. The molecule has 0 saturated carbocycles. The lowest BCUT2D eigenvalue weighted by atomic mass is 10.3. The minimum Gasteiger partial charge on any atom is -0.384 e. The number of amidine groups is 1. The minimum atomic E-state index is 0.000231. The van der Waals surface area contributed by atoms with Crippen LogP contribution in [0.2, 0.25) is 0 Å². The van der Waals surface area contributed by atoms with E-state index in [1.54, 1.807) is 11.9 Å². The van der Waals surface area contributed by atoms with E-state index >= 15 is 0 Å². The second-order valence-corrected chi connectivity index (χ2v) is 2.73. The fourth-order valence-electron chi connectivity index (χ4n) is 1.01. The van der Waals surface area contributed by atoms with E-state index in [1.807, 2.05) is 0 Å². The van der Waals surface area contributed by atoms with Gasteiger partial charge in [-0.1, -0.05) is 0 Å². The molecule has 0 spiro atoms. The van der Waals surface area contributed by atoms with Crippen LogP contribution < -0.4 is 11.1 Å². The number of nitrogens with zero attached hydrogens (tertiary/aromatic N) is 1. The third kappa shape index (κ3) is 1.98. The van der Waals surface area contributed by atoms with Crippen molar-refractivity contribution in [3.8, 4) is 0 Å². The summed E-state index contributed by atoms with van der Waals surface area (Å²) < 4.78 is 0. The molecule has 5 nitrogen and oxygen atoms in total. The highest BCUT2D eigenvalue weighted by molar-refractivity contribution is 5.89. The van der Waals surface area contributed by atoms with Crippen molar-refractivity contribution < 1.29 is 4.79 Å². The molecule has 0 aromatic heterocycles. The number of hydrogen-bond acceptors (Lipinski definition) is 3. The maximum absolute atomic E-state index is 11.0. The maximum atomic E-state index is 11.0. The van der Waals surface area contributed by atoms with Crippen molar-refractivity contribution in [3.63, 3.8) is 0 Å². The third-order valence-electron chi connectivity index (χ3n) is 1.63. The molecule has 12 heavy (non-hydrogen) atoms. The van der Waals surface area contributed by atoms with E-state index in [-0.39, 0.29) is 18.3 Å². The molecule has 1 aliphatic heterocycles. The summed E-state index contributed by atoms with van der Waals surface area (Å²) in [7, 11) is 1.72. The van der Waals surface area contributed by atoms with E-state index in [0.29, 0.717) is 6.54 Å². The highest BCUT2D eigenvalue weighted by Gasteiger charge is 2.16. The Labute approximate surface area is 70.7 Å². The zero-order chi connectivity index (χ0) is 9.14. The Morgan fingerprint density at radius 1 is 1.83 bits per heavy atom. The van der Waals surface area contributed by atoms with Gasteiger partial charge in [0.25, 0.3) is 0 Å². The number of carbonyl (C=O) groups is 1. The number of nitrogens with two attached hydrogens (primary N) is 1. The zero-order valence-corrected chi connectivity index (χ0v) is 6.92. The molecule has 1 saturated heterocycles. The van der Waals surface area contributed by atoms with Crippen molar-refractivity contribution in [2.45, 2.75) is 0 Å². The quantitative estimate of drug-likeness (QED) is 0.342. The van der Waals surface area contributed by atoms with Crippen LogP contribution in [-0.2, 0) is 4.79 Å². The lowest BCUT2D eigenvalue weighted by molar-refractivity contribution is -0.129. The molecule has 5 heteroatoms. The highest BCUT2D eigenvalue weighted by atomic mass is 16.2. The van der Waals surface area contributed by atoms with Gasteiger partial charge in [-0.05, 0) is 0 Å². The van der Waals surface area contributed by atoms with E-state index in [4.69, 9.17) is 11.1 Å². The van der Waals surface area contributed by atoms with Crippen LogP contribution in [0.25, 0.3) is 0 Å². The fourth-order valence-corrected chi connectivity index (χ4v) is 1.01. The molecular formula is C7H12N4O. The second kappa shape index (κ2) is 3.25. The second-order valence-electron chi connectivity index (χ2n) is 2.73. The van der Waals surface area contributed by atoms with Gasteiger partial charge in [-0.15, -0.1) is 0 Å². The van der Waals surface area contributed by atoms with E-state index in [1.165, 1.54) is 6.08 Å². The molecule has 66 valence electrons. The summed E-state index contributed by atoms with van der Waals surface area (Å²) in [6.07, 6.45) is 1.52. The predicted octanol–water partition coefficient (Wildman–Crippen LogP) is -1.13. The number of rotatable bonds is 1. The number of nitrogens with one attached hydrogen (secondary N) is 2. The average molecular weight is 168 g/mol. The molecule has 1 rings (SSSR count). The Bertz CT molecular complexity index is 246. The molecule has 0 bridgehead atoms. The molecule has 0 aromatic rings. The molecule has 0 radical (unpaired) electrons. The smallest absolute Gasteiger partial charge is 0.241 e. The number of likely N-dealkylation sites (N-methyl/N-ethyl adjacent to an activating group) is 1. The minimum absolute atomic E-state index is 0.000231. The van der Waals surface area contributed by atoms with Crippen molar-refractivity contribution in [1.29, 1.82) is 5.41 Å². The van der Waals surface area contributed by atoms with Crippen LogP contribution in [-0.4, -0.2) is 36.8 Å². The summed E-state index contributed by atoms with van der Waals surface area (Å²) in [6, 6.07) is 0. The Morgan fingerprint density at radius 3 is 3.00 bits per heavy atom. The standard InChI is InChI=1S/C7H12N4O/c1-11-4-5(2-6(8)9)10-3-7(11)12/h2,10H,3-4H2,1H3,(H3,8,9)/b5-2-. The van der Waals surface area contributed by atoms with Crippen LogP contribution in [0.4, 0.5) is 0 Å². The molecule has 0 atom stereocenters. The summed E-state index contributed by atoms with van der Waals surface area (Å²) in [6.45, 7) is 0.786. The summed E-state index contributed by atoms with van der Waals surface area (Å²) in [4.78, 5) is 12.6. The van der Waals surface area contributed by atoms with Gasteiger partial charge in [0, 0.05) is 18.8 Å². The lowest BCUT2D eigenvalue weighted by Crippen LogP contribution is -2.44. The Kier molecular flexibility index (Phi) is 2.32. The first-order chi connectivity index (χ1) is 5.59. The van der Waals surface area contributed by atoms with E-state index in [2.05, 4.69) is 5.32 Å².